The van der Waals surface area contributed by atoms with Gasteiger partial charge < -0.3 is 34.6 Å². The van der Waals surface area contributed by atoms with Crippen molar-refractivity contribution in [2.24, 2.45) is 11.8 Å². The maximum absolute atomic E-state index is 15.2. The number of carboxylic acid groups (broad SMARTS) is 1. The molecule has 1 saturated carbocycles. The van der Waals surface area contributed by atoms with Crippen LogP contribution in [0.1, 0.15) is 64.9 Å². The van der Waals surface area contributed by atoms with Gasteiger partial charge >= 0.3 is 30.7 Å². The lowest BCUT2D eigenvalue weighted by molar-refractivity contribution is -0.605. The van der Waals surface area contributed by atoms with Crippen LogP contribution in [0.15, 0.2) is 79.1 Å². The molecule has 4 fully saturated rings. The van der Waals surface area contributed by atoms with E-state index >= 15 is 4.39 Å². The van der Waals surface area contributed by atoms with E-state index in [4.69, 9.17) is 52.1 Å². The fourth-order valence-corrected chi connectivity index (χ4v) is 7.59. The van der Waals surface area contributed by atoms with Gasteiger partial charge in [-0.2, -0.15) is 26.7 Å². The minimum absolute atomic E-state index is 0.0157. The summed E-state index contributed by atoms with van der Waals surface area (Å²) in [6.45, 7) is -0.290. The van der Waals surface area contributed by atoms with Crippen LogP contribution in [0, 0.1) is 22.9 Å². The Hall–Kier alpha value is -5.46. The summed E-state index contributed by atoms with van der Waals surface area (Å²) in [6, 6.07) is 15.0. The lowest BCUT2D eigenvalue weighted by Crippen LogP contribution is -2.52. The molecule has 0 spiro atoms. The molecule has 1 aliphatic carbocycles. The zero-order valence-electron chi connectivity index (χ0n) is 32.5. The van der Waals surface area contributed by atoms with Gasteiger partial charge in [0.1, 0.15) is 28.1 Å². The number of carbonyl (C=O) groups excluding carboxylic acids is 2. The van der Waals surface area contributed by atoms with Crippen LogP contribution < -0.4 is 19.5 Å². The number of anilines is 1. The Kier molecular flexibility index (Phi) is 15.0. The van der Waals surface area contributed by atoms with Gasteiger partial charge in [0.05, 0.1) is 12.2 Å². The second kappa shape index (κ2) is 20.2. The Balaban J connectivity index is 0.000000845. The molecule has 2 bridgehead atoms. The minimum Gasteiger partial charge on any atom is -0.619 e. The topological polar surface area (TPSA) is 151 Å². The number of benzene rings is 3. The third-order valence-electron chi connectivity index (χ3n) is 10.4. The fourth-order valence-electron chi connectivity index (χ4n) is 7.00. The smallest absolute Gasteiger partial charge is 0.490 e. The first-order valence-corrected chi connectivity index (χ1v) is 20.0. The molecule has 3 aliphatic heterocycles. The number of alkyl halides is 5. The quantitative estimate of drug-likeness (QED) is 0.0510. The Morgan fingerprint density at radius 3 is 2.21 bits per heavy atom. The first-order chi connectivity index (χ1) is 29.4. The monoisotopic (exact) mass is 913 g/mol. The van der Waals surface area contributed by atoms with E-state index in [0.29, 0.717) is 34.0 Å². The predicted octanol–water partition coefficient (Wildman–Crippen LogP) is 8.72. The highest BCUT2D eigenvalue weighted by molar-refractivity contribution is 6.35. The third kappa shape index (κ3) is 12.3. The summed E-state index contributed by atoms with van der Waals surface area (Å²) in [4.78, 5) is 38.8. The summed E-state index contributed by atoms with van der Waals surface area (Å²) in [5.41, 5.74) is 1.10. The largest absolute Gasteiger partial charge is 0.619 e. The fraction of sp³-hybridized carbons (Fsp3) is 0.381. The van der Waals surface area contributed by atoms with Crippen molar-refractivity contribution in [2.75, 3.05) is 31.6 Å². The van der Waals surface area contributed by atoms with Gasteiger partial charge in [-0.25, -0.2) is 18.8 Å². The molecule has 332 valence electrons. The molecule has 4 aliphatic rings. The molecule has 3 atom stereocenters. The number of hydrogen-bond donors (Lipinski definition) is 2. The zero-order valence-corrected chi connectivity index (χ0v) is 34.0. The number of halogens is 8. The van der Waals surface area contributed by atoms with Gasteiger partial charge in [-0.1, -0.05) is 53.5 Å². The van der Waals surface area contributed by atoms with E-state index in [2.05, 4.69) is 10.2 Å². The molecule has 0 amide bonds. The third-order valence-corrected chi connectivity index (χ3v) is 11.0. The summed E-state index contributed by atoms with van der Waals surface area (Å²) < 4.78 is 96.6. The molecule has 0 radical (unpaired) electrons. The standard InChI is InChI=1S/C40H38Cl2F3N3O7.C2HF3O2/c41-30-19-48(51)20-31(42)29(30)18-34(25-10-11-33(55-40(44)45)35(17-25)52-22-23-8-9-23)53-38(49)26-4-3-5-27(16-26)46-37(28-6-1-2-7-32(28)43)39(50)54-36-21-47-14-12-24(36)13-15-47;3-2(4,5)1(6)7/h1-7,10-11,16-17,19-20,23-24,34,36-37,40,46H,8-9,12-15,18,21-22H2;(H,6,7)/t34-,36-,37?;/m0./s1. The molecular formula is C42H39Cl2F6N3O9. The lowest BCUT2D eigenvalue weighted by atomic mass is 9.86. The van der Waals surface area contributed by atoms with Crippen LogP contribution in [0.2, 0.25) is 10.0 Å². The van der Waals surface area contributed by atoms with Crippen LogP contribution in [0.4, 0.5) is 32.0 Å². The summed E-state index contributed by atoms with van der Waals surface area (Å²) in [6.07, 6.45) is -0.673. The van der Waals surface area contributed by atoms with Crippen LogP contribution in [0.25, 0.3) is 0 Å². The molecule has 3 aromatic carbocycles. The lowest BCUT2D eigenvalue weighted by Gasteiger charge is -2.44. The van der Waals surface area contributed by atoms with Crippen LogP contribution in [0.3, 0.4) is 0 Å². The molecule has 2 N–H and O–H groups in total. The zero-order chi connectivity index (χ0) is 44.7. The number of hydrogen-bond acceptors (Lipinski definition) is 10. The van der Waals surface area contributed by atoms with Crippen LogP contribution in [-0.2, 0) is 25.5 Å². The van der Waals surface area contributed by atoms with E-state index in [9.17, 15) is 36.7 Å². The molecule has 4 heterocycles. The van der Waals surface area contributed by atoms with Crippen molar-refractivity contribution in [1.29, 1.82) is 0 Å². The summed E-state index contributed by atoms with van der Waals surface area (Å²) in [7, 11) is 0. The van der Waals surface area contributed by atoms with Gasteiger partial charge in [0.2, 0.25) is 0 Å². The minimum atomic E-state index is -5.08. The molecule has 4 aromatic rings. The second-order valence-corrected chi connectivity index (χ2v) is 15.6. The average Bonchev–Trinajstić information content (AvgIpc) is 4.06. The maximum Gasteiger partial charge on any atom is 0.490 e. The number of fused-ring (bicyclic) bond motifs is 3. The van der Waals surface area contributed by atoms with Gasteiger partial charge in [0.25, 0.3) is 0 Å². The van der Waals surface area contributed by atoms with Crippen LogP contribution in [0.5, 0.6) is 11.5 Å². The number of pyridine rings is 1. The molecule has 62 heavy (non-hydrogen) atoms. The number of carbonyl (C=O) groups is 3. The molecule has 12 nitrogen and oxygen atoms in total. The van der Waals surface area contributed by atoms with E-state index in [1.54, 1.807) is 18.2 Å². The van der Waals surface area contributed by atoms with Gasteiger partial charge in [0.15, 0.2) is 29.9 Å². The maximum atomic E-state index is 15.2. The van der Waals surface area contributed by atoms with Crippen LogP contribution >= 0.6 is 23.2 Å². The first kappa shape index (κ1) is 46.1. The number of aromatic nitrogens is 1. The Bertz CT molecular complexity index is 2220. The molecule has 1 aromatic heterocycles. The van der Waals surface area contributed by atoms with Gasteiger partial charge in [-0.3, -0.25) is 4.90 Å². The number of aliphatic carboxylic acids is 1. The van der Waals surface area contributed by atoms with Crippen molar-refractivity contribution in [1.82, 2.24) is 4.90 Å². The number of nitrogens with one attached hydrogen (secondary N) is 1. The molecule has 8 rings (SSSR count). The Morgan fingerprint density at radius 2 is 1.61 bits per heavy atom. The molecular weight excluding hydrogens is 875 g/mol. The highest BCUT2D eigenvalue weighted by atomic mass is 35.5. The number of carboxylic acids is 1. The first-order valence-electron chi connectivity index (χ1n) is 19.3. The van der Waals surface area contributed by atoms with Crippen LogP contribution in [-0.4, -0.2) is 73.0 Å². The normalized spacial score (nSPS) is 19.1. The number of piperidine rings is 3. The molecule has 20 heteroatoms. The summed E-state index contributed by atoms with van der Waals surface area (Å²) in [5.74, 6) is -4.45. The number of nitrogens with zero attached hydrogens (tertiary/aromatic N) is 2. The summed E-state index contributed by atoms with van der Waals surface area (Å²) in [5, 5.41) is 22.2. The predicted molar refractivity (Wildman–Crippen MR) is 211 cm³/mol. The van der Waals surface area contributed by atoms with E-state index in [1.807, 2.05) is 0 Å². The van der Waals surface area contributed by atoms with E-state index in [1.165, 1.54) is 48.5 Å². The van der Waals surface area contributed by atoms with E-state index in [-0.39, 0.29) is 57.7 Å². The average molecular weight is 915 g/mol. The van der Waals surface area contributed by atoms with E-state index < -0.39 is 48.7 Å². The van der Waals surface area contributed by atoms with Gasteiger partial charge in [0, 0.05) is 29.8 Å². The highest BCUT2D eigenvalue weighted by Crippen LogP contribution is 2.39. The molecule has 1 unspecified atom stereocenters. The van der Waals surface area contributed by atoms with Crippen molar-refractivity contribution < 1.29 is 69.5 Å². The van der Waals surface area contributed by atoms with Crippen molar-refractivity contribution >= 4 is 46.8 Å². The van der Waals surface area contributed by atoms with E-state index in [0.717, 1.165) is 51.2 Å². The number of esters is 2. The highest BCUT2D eigenvalue weighted by Gasteiger charge is 2.39. The number of ether oxygens (including phenoxy) is 4. The molecule has 3 saturated heterocycles. The van der Waals surface area contributed by atoms with Crippen molar-refractivity contribution in [2.45, 2.75) is 63.1 Å². The Labute approximate surface area is 360 Å². The Morgan fingerprint density at radius 1 is 0.935 bits per heavy atom. The SMILES string of the molecule is O=C(O)C(F)(F)F.O=C(O[C@@H](Cc1c(Cl)c[n+]([O-])cc1Cl)c1ccc(OC(F)F)c(OCC2CC2)c1)c1cccc(NC(C(=O)O[C@H]2CN3CCC2CC3)c2ccccc2F)c1. The summed E-state index contributed by atoms with van der Waals surface area (Å²) >= 11 is 12.8. The van der Waals surface area contributed by atoms with Crippen molar-refractivity contribution in [3.8, 4) is 11.5 Å². The number of rotatable bonds is 15. The van der Waals surface area contributed by atoms with Crippen molar-refractivity contribution in [3.05, 3.63) is 122 Å². The van der Waals surface area contributed by atoms with Gasteiger partial charge in [-0.05, 0) is 92.6 Å². The van der Waals surface area contributed by atoms with Gasteiger partial charge in [-0.15, -0.1) is 0 Å². The van der Waals surface area contributed by atoms with Crippen molar-refractivity contribution in [3.63, 3.8) is 0 Å². The second-order valence-electron chi connectivity index (χ2n) is 14.8.